The van der Waals surface area contributed by atoms with Crippen molar-refractivity contribution in [2.75, 3.05) is 12.0 Å². The van der Waals surface area contributed by atoms with Crippen molar-refractivity contribution in [2.24, 2.45) is 0 Å². The maximum atomic E-state index is 13.3. The number of anilines is 1. The fraction of sp³-hybridized carbons (Fsp3) is 0.238. The predicted molar refractivity (Wildman–Crippen MR) is 106 cm³/mol. The van der Waals surface area contributed by atoms with Crippen molar-refractivity contribution in [3.63, 3.8) is 0 Å². The first-order valence-electron chi connectivity index (χ1n) is 8.53. The second kappa shape index (κ2) is 7.56. The van der Waals surface area contributed by atoms with Gasteiger partial charge in [-0.3, -0.25) is 9.59 Å². The normalized spacial score (nSPS) is 14.5. The molecular weight excluding hydrogens is 365 g/mol. The van der Waals surface area contributed by atoms with Gasteiger partial charge in [0.15, 0.2) is 0 Å². The van der Waals surface area contributed by atoms with Crippen LogP contribution in [0.5, 0.6) is 5.75 Å². The number of hydrogen-bond acceptors (Lipinski definition) is 4. The lowest BCUT2D eigenvalue weighted by Gasteiger charge is -2.19. The first kappa shape index (κ1) is 19.2. The minimum Gasteiger partial charge on any atom is -0.495 e. The fourth-order valence-corrected chi connectivity index (χ4v) is 3.91. The van der Waals surface area contributed by atoms with Gasteiger partial charge in [0, 0.05) is 5.25 Å². The third-order valence-electron chi connectivity index (χ3n) is 4.10. The lowest BCUT2D eigenvalue weighted by atomic mass is 10.1. The molecule has 0 radical (unpaired) electrons. The SMILES string of the molecule is COc1ccc(C)cc1N1C(=O)C(SC(C)C)=C(c2ccc(F)cc2)C1=O. The topological polar surface area (TPSA) is 46.6 Å². The van der Waals surface area contributed by atoms with Crippen LogP contribution in [0.1, 0.15) is 25.0 Å². The van der Waals surface area contributed by atoms with Crippen molar-refractivity contribution >= 4 is 34.8 Å². The van der Waals surface area contributed by atoms with Gasteiger partial charge in [0.2, 0.25) is 0 Å². The van der Waals surface area contributed by atoms with Crippen molar-refractivity contribution in [3.05, 3.63) is 64.3 Å². The van der Waals surface area contributed by atoms with E-state index in [1.165, 1.54) is 43.1 Å². The molecule has 0 aliphatic carbocycles. The zero-order valence-corrected chi connectivity index (χ0v) is 16.4. The first-order chi connectivity index (χ1) is 12.8. The number of ether oxygens (including phenoxy) is 1. The van der Waals surface area contributed by atoms with E-state index in [-0.39, 0.29) is 11.2 Å². The number of imide groups is 1. The quantitative estimate of drug-likeness (QED) is 0.708. The highest BCUT2D eigenvalue weighted by Gasteiger charge is 2.41. The van der Waals surface area contributed by atoms with Gasteiger partial charge in [-0.1, -0.05) is 32.0 Å². The highest BCUT2D eigenvalue weighted by molar-refractivity contribution is 8.04. The Labute approximate surface area is 162 Å². The van der Waals surface area contributed by atoms with E-state index in [4.69, 9.17) is 4.74 Å². The summed E-state index contributed by atoms with van der Waals surface area (Å²) in [5.41, 5.74) is 2.13. The smallest absolute Gasteiger partial charge is 0.272 e. The van der Waals surface area contributed by atoms with Gasteiger partial charge in [-0.05, 0) is 42.3 Å². The molecule has 0 fully saturated rings. The van der Waals surface area contributed by atoms with E-state index in [0.29, 0.717) is 27.5 Å². The fourth-order valence-electron chi connectivity index (χ4n) is 2.92. The minimum absolute atomic E-state index is 0.103. The molecule has 0 N–H and O–H groups in total. The molecule has 0 atom stereocenters. The maximum absolute atomic E-state index is 13.3. The minimum atomic E-state index is -0.432. The third-order valence-corrected chi connectivity index (χ3v) is 5.19. The Balaban J connectivity index is 2.15. The van der Waals surface area contributed by atoms with E-state index in [0.717, 1.165) is 10.5 Å². The van der Waals surface area contributed by atoms with Crippen LogP contribution in [0.25, 0.3) is 5.57 Å². The standard InChI is InChI=1S/C21H20FNO3S/c1-12(2)27-19-18(14-6-8-15(22)9-7-14)20(24)23(21(19)25)16-11-13(3)5-10-17(16)26-4/h5-12H,1-4H3. The number of amides is 2. The van der Waals surface area contributed by atoms with Gasteiger partial charge in [-0.15, -0.1) is 11.8 Å². The molecule has 4 nitrogen and oxygen atoms in total. The van der Waals surface area contributed by atoms with Crippen molar-refractivity contribution in [1.82, 2.24) is 0 Å². The van der Waals surface area contributed by atoms with E-state index < -0.39 is 11.7 Å². The number of rotatable bonds is 5. The molecule has 6 heteroatoms. The van der Waals surface area contributed by atoms with Crippen LogP contribution >= 0.6 is 11.8 Å². The van der Waals surface area contributed by atoms with Gasteiger partial charge < -0.3 is 4.74 Å². The van der Waals surface area contributed by atoms with E-state index in [1.54, 1.807) is 12.1 Å². The molecule has 1 aliphatic heterocycles. The molecule has 3 rings (SSSR count). The van der Waals surface area contributed by atoms with Crippen LogP contribution in [0.3, 0.4) is 0 Å². The van der Waals surface area contributed by atoms with Crippen molar-refractivity contribution < 1.29 is 18.7 Å². The number of carbonyl (C=O) groups excluding carboxylic acids is 2. The molecule has 1 heterocycles. The Morgan fingerprint density at radius 3 is 2.30 bits per heavy atom. The average Bonchev–Trinajstić information content (AvgIpc) is 2.85. The molecule has 2 aromatic carbocycles. The van der Waals surface area contributed by atoms with Crippen molar-refractivity contribution in [3.8, 4) is 5.75 Å². The monoisotopic (exact) mass is 385 g/mol. The van der Waals surface area contributed by atoms with Gasteiger partial charge in [-0.2, -0.15) is 0 Å². The van der Waals surface area contributed by atoms with Crippen LogP contribution in [0.2, 0.25) is 0 Å². The molecule has 0 bridgehead atoms. The average molecular weight is 385 g/mol. The van der Waals surface area contributed by atoms with E-state index in [9.17, 15) is 14.0 Å². The van der Waals surface area contributed by atoms with Crippen LogP contribution < -0.4 is 9.64 Å². The van der Waals surface area contributed by atoms with Crippen LogP contribution in [0.4, 0.5) is 10.1 Å². The van der Waals surface area contributed by atoms with Crippen molar-refractivity contribution in [2.45, 2.75) is 26.0 Å². The van der Waals surface area contributed by atoms with Gasteiger partial charge in [0.05, 0.1) is 23.3 Å². The number of methoxy groups -OCH3 is 1. The Bertz CT molecular complexity index is 935. The summed E-state index contributed by atoms with van der Waals surface area (Å²) in [6.45, 7) is 5.79. The third kappa shape index (κ3) is 3.62. The summed E-state index contributed by atoms with van der Waals surface area (Å²) < 4.78 is 18.7. The summed E-state index contributed by atoms with van der Waals surface area (Å²) in [5, 5.41) is 0.103. The highest BCUT2D eigenvalue weighted by atomic mass is 32.2. The van der Waals surface area contributed by atoms with Crippen LogP contribution in [-0.2, 0) is 9.59 Å². The zero-order valence-electron chi connectivity index (χ0n) is 15.6. The Hall–Kier alpha value is -2.60. The zero-order chi connectivity index (χ0) is 19.7. The predicted octanol–water partition coefficient (Wildman–Crippen LogP) is 4.57. The number of carbonyl (C=O) groups is 2. The van der Waals surface area contributed by atoms with Gasteiger partial charge in [0.25, 0.3) is 11.8 Å². The number of hydrogen-bond donors (Lipinski definition) is 0. The lowest BCUT2D eigenvalue weighted by Crippen LogP contribution is -2.31. The summed E-state index contributed by atoms with van der Waals surface area (Å²) >= 11 is 1.33. The van der Waals surface area contributed by atoms with Crippen LogP contribution in [-0.4, -0.2) is 24.2 Å². The molecule has 2 amide bonds. The number of nitrogens with zero attached hydrogens (tertiary/aromatic N) is 1. The summed E-state index contributed by atoms with van der Waals surface area (Å²) in [6, 6.07) is 10.9. The summed E-state index contributed by atoms with van der Waals surface area (Å²) in [7, 11) is 1.50. The van der Waals surface area contributed by atoms with Crippen LogP contribution in [0.15, 0.2) is 47.4 Å². The molecule has 27 heavy (non-hydrogen) atoms. The molecule has 140 valence electrons. The van der Waals surface area contributed by atoms with E-state index in [1.807, 2.05) is 26.8 Å². The molecule has 0 unspecified atom stereocenters. The highest BCUT2D eigenvalue weighted by Crippen LogP contribution is 2.42. The molecule has 0 saturated carbocycles. The molecule has 1 aliphatic rings. The lowest BCUT2D eigenvalue weighted by molar-refractivity contribution is -0.119. The maximum Gasteiger partial charge on any atom is 0.272 e. The Morgan fingerprint density at radius 1 is 1.04 bits per heavy atom. The van der Waals surface area contributed by atoms with E-state index >= 15 is 0 Å². The summed E-state index contributed by atoms with van der Waals surface area (Å²) in [5.74, 6) is -0.775. The van der Waals surface area contributed by atoms with Crippen molar-refractivity contribution in [1.29, 1.82) is 0 Å². The molecular formula is C21H20FNO3S. The molecule has 0 aromatic heterocycles. The van der Waals surface area contributed by atoms with Crippen LogP contribution in [0, 0.1) is 12.7 Å². The number of halogens is 1. The molecule has 0 saturated heterocycles. The number of thioether (sulfide) groups is 1. The van der Waals surface area contributed by atoms with E-state index in [2.05, 4.69) is 0 Å². The largest absolute Gasteiger partial charge is 0.495 e. The van der Waals surface area contributed by atoms with Gasteiger partial charge in [-0.25, -0.2) is 9.29 Å². The van der Waals surface area contributed by atoms with Gasteiger partial charge in [0.1, 0.15) is 11.6 Å². The number of aryl methyl sites for hydroxylation is 1. The second-order valence-electron chi connectivity index (χ2n) is 6.50. The first-order valence-corrected chi connectivity index (χ1v) is 9.41. The Kier molecular flexibility index (Phi) is 5.37. The second-order valence-corrected chi connectivity index (χ2v) is 8.09. The number of benzene rings is 2. The summed E-state index contributed by atoms with van der Waals surface area (Å²) in [4.78, 5) is 28.0. The Morgan fingerprint density at radius 2 is 1.70 bits per heavy atom. The molecule has 0 spiro atoms. The molecule has 2 aromatic rings. The summed E-state index contributed by atoms with van der Waals surface area (Å²) in [6.07, 6.45) is 0. The van der Waals surface area contributed by atoms with Gasteiger partial charge >= 0.3 is 0 Å².